The van der Waals surface area contributed by atoms with E-state index in [1.807, 2.05) is 44.2 Å². The number of amides is 1. The third-order valence-corrected chi connectivity index (χ3v) is 5.24. The van der Waals surface area contributed by atoms with E-state index < -0.39 is 6.10 Å². The highest BCUT2D eigenvalue weighted by atomic mass is 16.5. The van der Waals surface area contributed by atoms with E-state index in [4.69, 9.17) is 9.47 Å². The van der Waals surface area contributed by atoms with Crippen molar-refractivity contribution in [1.82, 2.24) is 5.32 Å². The molecule has 2 atom stereocenters. The summed E-state index contributed by atoms with van der Waals surface area (Å²) in [5, 5.41) is 3.06. The normalized spacial score (nSPS) is 15.4. The maximum Gasteiger partial charge on any atom is 0.261 e. The quantitative estimate of drug-likeness (QED) is 0.777. The molecule has 4 heteroatoms. The summed E-state index contributed by atoms with van der Waals surface area (Å²) in [5.74, 6) is 1.51. The number of carbonyl (C=O) groups excluding carboxylic acids is 1. The largest absolute Gasteiger partial charge is 0.497 e. The molecule has 1 aliphatic carbocycles. The molecule has 0 radical (unpaired) electrons. The van der Waals surface area contributed by atoms with Crippen molar-refractivity contribution in [2.24, 2.45) is 0 Å². The second-order valence-electron chi connectivity index (χ2n) is 7.16. The Morgan fingerprint density at radius 2 is 1.70 bits per heavy atom. The van der Waals surface area contributed by atoms with Gasteiger partial charge in [0.25, 0.3) is 5.91 Å². The molecule has 0 bridgehead atoms. The van der Waals surface area contributed by atoms with Crippen LogP contribution in [0, 0.1) is 0 Å². The number of benzene rings is 2. The van der Waals surface area contributed by atoms with E-state index >= 15 is 0 Å². The number of hydrogen-bond donors (Lipinski definition) is 1. The fourth-order valence-corrected chi connectivity index (χ4v) is 3.55. The van der Waals surface area contributed by atoms with Gasteiger partial charge in [-0.1, -0.05) is 25.1 Å². The number of methoxy groups -OCH3 is 1. The van der Waals surface area contributed by atoms with Crippen molar-refractivity contribution in [1.29, 1.82) is 0 Å². The minimum atomic E-state index is -0.493. The molecule has 2 aromatic rings. The van der Waals surface area contributed by atoms with Gasteiger partial charge in [0.2, 0.25) is 0 Å². The molecule has 1 aliphatic rings. The molecule has 3 rings (SSSR count). The molecule has 0 saturated heterocycles. The summed E-state index contributed by atoms with van der Waals surface area (Å²) in [6.45, 7) is 3.95. The molecule has 0 aliphatic heterocycles. The van der Waals surface area contributed by atoms with E-state index in [9.17, 15) is 4.79 Å². The van der Waals surface area contributed by atoms with Crippen molar-refractivity contribution in [3.63, 3.8) is 0 Å². The zero-order valence-electron chi connectivity index (χ0n) is 16.5. The van der Waals surface area contributed by atoms with Crippen LogP contribution in [0.25, 0.3) is 0 Å². The second kappa shape index (κ2) is 8.94. The highest BCUT2D eigenvalue weighted by Crippen LogP contribution is 2.26. The fraction of sp³-hybridized carbons (Fsp3) is 0.435. The van der Waals surface area contributed by atoms with Gasteiger partial charge in [-0.15, -0.1) is 0 Å². The molecule has 0 spiro atoms. The van der Waals surface area contributed by atoms with E-state index in [-0.39, 0.29) is 11.9 Å². The van der Waals surface area contributed by atoms with Crippen LogP contribution >= 0.6 is 0 Å². The van der Waals surface area contributed by atoms with E-state index in [1.54, 1.807) is 7.11 Å². The Hall–Kier alpha value is -2.49. The van der Waals surface area contributed by atoms with Gasteiger partial charge in [0.05, 0.1) is 13.2 Å². The van der Waals surface area contributed by atoms with E-state index in [0.29, 0.717) is 6.42 Å². The first-order valence-electron chi connectivity index (χ1n) is 9.83. The zero-order chi connectivity index (χ0) is 19.2. The monoisotopic (exact) mass is 367 g/mol. The Kier molecular flexibility index (Phi) is 6.38. The summed E-state index contributed by atoms with van der Waals surface area (Å²) in [7, 11) is 1.64. The van der Waals surface area contributed by atoms with Crippen molar-refractivity contribution in [2.75, 3.05) is 7.11 Å². The number of rotatable bonds is 7. The molecule has 1 amide bonds. The maximum atomic E-state index is 12.7. The molecule has 144 valence electrons. The van der Waals surface area contributed by atoms with Crippen molar-refractivity contribution >= 4 is 5.91 Å². The number of hydrogen-bond acceptors (Lipinski definition) is 3. The predicted octanol–water partition coefficient (Wildman–Crippen LogP) is 4.61. The minimum absolute atomic E-state index is 0.0847. The summed E-state index contributed by atoms with van der Waals surface area (Å²) in [6, 6.07) is 13.9. The lowest BCUT2D eigenvalue weighted by Gasteiger charge is -2.22. The average molecular weight is 367 g/mol. The Morgan fingerprint density at radius 1 is 1.04 bits per heavy atom. The summed E-state index contributed by atoms with van der Waals surface area (Å²) in [4.78, 5) is 12.7. The van der Waals surface area contributed by atoms with Crippen LogP contribution in [0.5, 0.6) is 11.5 Å². The molecule has 0 unspecified atom stereocenters. The highest BCUT2D eigenvalue weighted by Gasteiger charge is 2.21. The zero-order valence-corrected chi connectivity index (χ0v) is 16.5. The van der Waals surface area contributed by atoms with Gasteiger partial charge < -0.3 is 14.8 Å². The first-order chi connectivity index (χ1) is 13.1. The van der Waals surface area contributed by atoms with Crippen LogP contribution in [0.1, 0.15) is 55.8 Å². The lowest BCUT2D eigenvalue weighted by molar-refractivity contribution is -0.128. The summed E-state index contributed by atoms with van der Waals surface area (Å²) in [6.07, 6.45) is 4.87. The van der Waals surface area contributed by atoms with Crippen LogP contribution in [0.2, 0.25) is 0 Å². The number of fused-ring (bicyclic) bond motifs is 1. The van der Waals surface area contributed by atoms with Gasteiger partial charge in [-0.2, -0.15) is 0 Å². The molecule has 0 aromatic heterocycles. The number of nitrogens with one attached hydrogen (secondary N) is 1. The number of ether oxygens (including phenoxy) is 2. The first-order valence-corrected chi connectivity index (χ1v) is 9.83. The van der Waals surface area contributed by atoms with Gasteiger partial charge >= 0.3 is 0 Å². The molecular formula is C23H29NO3. The Morgan fingerprint density at radius 3 is 2.37 bits per heavy atom. The fourth-order valence-electron chi connectivity index (χ4n) is 3.55. The van der Waals surface area contributed by atoms with Crippen LogP contribution in [-0.2, 0) is 17.6 Å². The molecule has 0 saturated carbocycles. The molecule has 4 nitrogen and oxygen atoms in total. The van der Waals surface area contributed by atoms with Crippen LogP contribution in [0.3, 0.4) is 0 Å². The van der Waals surface area contributed by atoms with Gasteiger partial charge in [-0.3, -0.25) is 4.79 Å². The lowest BCUT2D eigenvalue weighted by Crippen LogP contribution is -2.39. The summed E-state index contributed by atoms with van der Waals surface area (Å²) >= 11 is 0. The SMILES string of the molecule is CC[C@H](Oc1ccc2c(c1)CCCC2)C(=O)N[C@@H](C)c1ccc(OC)cc1. The lowest BCUT2D eigenvalue weighted by atomic mass is 9.92. The minimum Gasteiger partial charge on any atom is -0.497 e. The Labute approximate surface area is 161 Å². The number of carbonyl (C=O) groups is 1. The van der Waals surface area contributed by atoms with E-state index in [0.717, 1.165) is 29.9 Å². The average Bonchev–Trinajstić information content (AvgIpc) is 2.71. The van der Waals surface area contributed by atoms with Gasteiger partial charge in [-0.25, -0.2) is 0 Å². The van der Waals surface area contributed by atoms with Crippen LogP contribution in [0.15, 0.2) is 42.5 Å². The van der Waals surface area contributed by atoms with Gasteiger partial charge in [0.1, 0.15) is 11.5 Å². The molecule has 1 N–H and O–H groups in total. The standard InChI is InChI=1S/C23H29NO3/c1-4-22(27-21-14-11-18-7-5-6-8-19(18)15-21)23(25)24-16(2)17-9-12-20(26-3)13-10-17/h9-16,22H,4-8H2,1-3H3,(H,24,25)/t16-,22-/m0/s1. The maximum absolute atomic E-state index is 12.7. The van der Waals surface area contributed by atoms with Crippen molar-refractivity contribution < 1.29 is 14.3 Å². The van der Waals surface area contributed by atoms with Crippen molar-refractivity contribution in [2.45, 2.75) is 58.1 Å². The Bertz CT molecular complexity index is 770. The molecule has 0 heterocycles. The van der Waals surface area contributed by atoms with E-state index in [2.05, 4.69) is 17.4 Å². The van der Waals surface area contributed by atoms with Crippen LogP contribution < -0.4 is 14.8 Å². The van der Waals surface area contributed by atoms with Crippen LogP contribution in [-0.4, -0.2) is 19.1 Å². The van der Waals surface area contributed by atoms with Gasteiger partial charge in [0, 0.05) is 0 Å². The molecular weight excluding hydrogens is 338 g/mol. The topological polar surface area (TPSA) is 47.6 Å². The van der Waals surface area contributed by atoms with E-state index in [1.165, 1.54) is 24.0 Å². The Balaban J connectivity index is 1.63. The first kappa shape index (κ1) is 19.3. The third-order valence-electron chi connectivity index (χ3n) is 5.24. The smallest absolute Gasteiger partial charge is 0.261 e. The van der Waals surface area contributed by atoms with Gasteiger partial charge in [-0.05, 0) is 80.0 Å². The van der Waals surface area contributed by atoms with Gasteiger partial charge in [0.15, 0.2) is 6.10 Å². The van der Waals surface area contributed by atoms with Crippen molar-refractivity contribution in [3.05, 3.63) is 59.2 Å². The molecule has 27 heavy (non-hydrogen) atoms. The third kappa shape index (κ3) is 4.82. The molecule has 0 fully saturated rings. The number of aryl methyl sites for hydroxylation is 2. The van der Waals surface area contributed by atoms with Crippen molar-refractivity contribution in [3.8, 4) is 11.5 Å². The summed E-state index contributed by atoms with van der Waals surface area (Å²) in [5.41, 5.74) is 3.81. The predicted molar refractivity (Wildman–Crippen MR) is 107 cm³/mol. The molecule has 2 aromatic carbocycles. The highest BCUT2D eigenvalue weighted by molar-refractivity contribution is 5.81. The second-order valence-corrected chi connectivity index (χ2v) is 7.16. The van der Waals surface area contributed by atoms with Crippen LogP contribution in [0.4, 0.5) is 0 Å². The summed E-state index contributed by atoms with van der Waals surface area (Å²) < 4.78 is 11.2.